The van der Waals surface area contributed by atoms with E-state index in [1.54, 1.807) is 0 Å². The summed E-state index contributed by atoms with van der Waals surface area (Å²) < 4.78 is 5.79. The zero-order chi connectivity index (χ0) is 17.4. The van der Waals surface area contributed by atoms with E-state index in [0.717, 1.165) is 24.2 Å². The van der Waals surface area contributed by atoms with Crippen LogP contribution in [0.5, 0.6) is 5.75 Å². The number of likely N-dealkylation sites (tertiary alicyclic amines) is 1. The molecule has 1 aromatic rings. The minimum absolute atomic E-state index is 0.0268. The first-order chi connectivity index (χ1) is 11.4. The number of imide groups is 1. The van der Waals surface area contributed by atoms with E-state index in [2.05, 4.69) is 19.9 Å². The molecule has 128 valence electrons. The standard InChI is InChI=1S/C20H25NO3/c1-12-5-6-18(15(4)9-12)24-8-7-21-19(22)16-10-13(2)14(3)11-17(16)20(21)23/h5-6,9,16-17H,7-8,10-11H2,1-4H3/t16-,17+. The number of ether oxygens (including phenoxy) is 1. The van der Waals surface area contributed by atoms with Gasteiger partial charge in [0, 0.05) is 0 Å². The van der Waals surface area contributed by atoms with Crippen LogP contribution < -0.4 is 4.74 Å². The van der Waals surface area contributed by atoms with Crippen molar-refractivity contribution in [2.24, 2.45) is 11.8 Å². The highest BCUT2D eigenvalue weighted by Gasteiger charge is 2.48. The molecule has 3 rings (SSSR count). The molecule has 2 atom stereocenters. The first kappa shape index (κ1) is 16.7. The number of hydrogen-bond acceptors (Lipinski definition) is 3. The number of amides is 2. The van der Waals surface area contributed by atoms with Gasteiger partial charge < -0.3 is 4.74 Å². The highest BCUT2D eigenvalue weighted by molar-refractivity contribution is 6.05. The molecule has 1 fully saturated rings. The molecule has 4 heteroatoms. The van der Waals surface area contributed by atoms with E-state index in [1.165, 1.54) is 21.6 Å². The molecule has 0 N–H and O–H groups in total. The fourth-order valence-electron chi connectivity index (χ4n) is 3.75. The number of fused-ring (bicyclic) bond motifs is 1. The van der Waals surface area contributed by atoms with Gasteiger partial charge in [0.05, 0.1) is 18.4 Å². The normalized spacial score (nSPS) is 23.8. The highest BCUT2D eigenvalue weighted by atomic mass is 16.5. The van der Waals surface area contributed by atoms with Gasteiger partial charge in [0.2, 0.25) is 11.8 Å². The second kappa shape index (κ2) is 6.42. The van der Waals surface area contributed by atoms with Crippen LogP contribution in [0.3, 0.4) is 0 Å². The maximum atomic E-state index is 12.6. The molecular formula is C20H25NO3. The molecule has 1 heterocycles. The lowest BCUT2D eigenvalue weighted by Gasteiger charge is -2.23. The van der Waals surface area contributed by atoms with Crippen LogP contribution >= 0.6 is 0 Å². The third-order valence-electron chi connectivity index (χ3n) is 5.34. The van der Waals surface area contributed by atoms with Gasteiger partial charge in [0.1, 0.15) is 12.4 Å². The van der Waals surface area contributed by atoms with Crippen LogP contribution in [0.2, 0.25) is 0 Å². The Morgan fingerprint density at radius 2 is 1.58 bits per heavy atom. The summed E-state index contributed by atoms with van der Waals surface area (Å²) in [6.45, 7) is 8.84. The lowest BCUT2D eigenvalue weighted by atomic mass is 9.78. The summed E-state index contributed by atoms with van der Waals surface area (Å²) in [5.41, 5.74) is 4.77. The Kier molecular flexibility index (Phi) is 4.48. The molecule has 0 saturated carbocycles. The zero-order valence-corrected chi connectivity index (χ0v) is 14.9. The van der Waals surface area contributed by atoms with Crippen molar-refractivity contribution >= 4 is 11.8 Å². The van der Waals surface area contributed by atoms with Crippen molar-refractivity contribution in [3.63, 3.8) is 0 Å². The van der Waals surface area contributed by atoms with E-state index < -0.39 is 0 Å². The van der Waals surface area contributed by atoms with Crippen molar-refractivity contribution in [1.82, 2.24) is 4.90 Å². The van der Waals surface area contributed by atoms with Crippen LogP contribution in [0.4, 0.5) is 0 Å². The fraction of sp³-hybridized carbons (Fsp3) is 0.500. The first-order valence-electron chi connectivity index (χ1n) is 8.59. The molecule has 4 nitrogen and oxygen atoms in total. The molecule has 1 aliphatic heterocycles. The lowest BCUT2D eigenvalue weighted by molar-refractivity contribution is -0.140. The molecule has 2 amide bonds. The Labute approximate surface area is 143 Å². The summed E-state index contributed by atoms with van der Waals surface area (Å²) in [5.74, 6) is 0.428. The number of hydrogen-bond donors (Lipinski definition) is 0. The summed E-state index contributed by atoms with van der Waals surface area (Å²) in [7, 11) is 0. The maximum Gasteiger partial charge on any atom is 0.233 e. The van der Waals surface area contributed by atoms with E-state index in [1.807, 2.05) is 26.0 Å². The largest absolute Gasteiger partial charge is 0.491 e. The number of carbonyl (C=O) groups is 2. The monoisotopic (exact) mass is 327 g/mol. The minimum atomic E-state index is -0.165. The van der Waals surface area contributed by atoms with Crippen LogP contribution in [-0.2, 0) is 9.59 Å². The predicted octanol–water partition coefficient (Wildman–Crippen LogP) is 3.41. The number of nitrogens with zero attached hydrogens (tertiary/aromatic N) is 1. The van der Waals surface area contributed by atoms with Gasteiger partial charge in [0.25, 0.3) is 0 Å². The molecule has 1 aliphatic carbocycles. The van der Waals surface area contributed by atoms with Crippen LogP contribution in [0.25, 0.3) is 0 Å². The van der Waals surface area contributed by atoms with Crippen LogP contribution in [0, 0.1) is 25.7 Å². The maximum absolute atomic E-state index is 12.6. The fourth-order valence-corrected chi connectivity index (χ4v) is 3.75. The van der Waals surface area contributed by atoms with Gasteiger partial charge in [-0.3, -0.25) is 14.5 Å². The van der Waals surface area contributed by atoms with Crippen molar-refractivity contribution in [2.75, 3.05) is 13.2 Å². The Bertz CT molecular complexity index is 688. The average molecular weight is 327 g/mol. The summed E-state index contributed by atoms with van der Waals surface area (Å²) in [6, 6.07) is 6.00. The second-order valence-electron chi connectivity index (χ2n) is 7.13. The molecule has 1 saturated heterocycles. The molecule has 0 aromatic heterocycles. The number of allylic oxidation sites excluding steroid dienone is 2. The highest BCUT2D eigenvalue weighted by Crippen LogP contribution is 2.40. The van der Waals surface area contributed by atoms with Crippen LogP contribution in [0.1, 0.15) is 37.8 Å². The molecule has 1 aromatic carbocycles. The van der Waals surface area contributed by atoms with Gasteiger partial charge in [-0.15, -0.1) is 0 Å². The van der Waals surface area contributed by atoms with Gasteiger partial charge in [-0.05, 0) is 52.2 Å². The smallest absolute Gasteiger partial charge is 0.233 e. The Morgan fingerprint density at radius 1 is 1.00 bits per heavy atom. The van der Waals surface area contributed by atoms with Crippen molar-refractivity contribution < 1.29 is 14.3 Å². The average Bonchev–Trinajstić information content (AvgIpc) is 2.75. The zero-order valence-electron chi connectivity index (χ0n) is 14.9. The second-order valence-corrected chi connectivity index (χ2v) is 7.13. The lowest BCUT2D eigenvalue weighted by Crippen LogP contribution is -2.34. The van der Waals surface area contributed by atoms with Gasteiger partial charge in [-0.1, -0.05) is 28.8 Å². The SMILES string of the molecule is CC1=C(C)C[C@H]2C(=O)N(CCOc3ccc(C)cc3C)C(=O)[C@H]2C1. The summed E-state index contributed by atoms with van der Waals surface area (Å²) in [6.07, 6.45) is 1.44. The van der Waals surface area contributed by atoms with E-state index >= 15 is 0 Å². The van der Waals surface area contributed by atoms with Crippen molar-refractivity contribution in [3.05, 3.63) is 40.5 Å². The van der Waals surface area contributed by atoms with Gasteiger partial charge in [-0.2, -0.15) is 0 Å². The quantitative estimate of drug-likeness (QED) is 0.629. The molecular weight excluding hydrogens is 302 g/mol. The first-order valence-corrected chi connectivity index (χ1v) is 8.59. The third kappa shape index (κ3) is 2.97. The molecule has 0 radical (unpaired) electrons. The van der Waals surface area contributed by atoms with Crippen molar-refractivity contribution in [3.8, 4) is 5.75 Å². The van der Waals surface area contributed by atoms with E-state index in [4.69, 9.17) is 4.74 Å². The molecule has 0 unspecified atom stereocenters. The Hall–Kier alpha value is -2.10. The van der Waals surface area contributed by atoms with Crippen molar-refractivity contribution in [1.29, 1.82) is 0 Å². The molecule has 0 spiro atoms. The molecule has 0 bridgehead atoms. The van der Waals surface area contributed by atoms with E-state index in [0.29, 0.717) is 13.2 Å². The summed E-state index contributed by atoms with van der Waals surface area (Å²) >= 11 is 0. The van der Waals surface area contributed by atoms with Gasteiger partial charge in [-0.25, -0.2) is 0 Å². The molecule has 24 heavy (non-hydrogen) atoms. The third-order valence-corrected chi connectivity index (χ3v) is 5.34. The van der Waals surface area contributed by atoms with Gasteiger partial charge >= 0.3 is 0 Å². The number of benzene rings is 1. The van der Waals surface area contributed by atoms with E-state index in [-0.39, 0.29) is 23.7 Å². The number of aryl methyl sites for hydroxylation is 2. The van der Waals surface area contributed by atoms with Gasteiger partial charge in [0.15, 0.2) is 0 Å². The predicted molar refractivity (Wildman–Crippen MR) is 92.7 cm³/mol. The number of carbonyl (C=O) groups excluding carboxylic acids is 2. The molecule has 2 aliphatic rings. The topological polar surface area (TPSA) is 46.6 Å². The van der Waals surface area contributed by atoms with Crippen LogP contribution in [-0.4, -0.2) is 29.9 Å². The minimum Gasteiger partial charge on any atom is -0.491 e. The Balaban J connectivity index is 1.62. The van der Waals surface area contributed by atoms with Crippen molar-refractivity contribution in [2.45, 2.75) is 40.5 Å². The van der Waals surface area contributed by atoms with E-state index in [9.17, 15) is 9.59 Å². The van der Waals surface area contributed by atoms with Crippen LogP contribution in [0.15, 0.2) is 29.3 Å². The summed E-state index contributed by atoms with van der Waals surface area (Å²) in [5, 5.41) is 0. The number of rotatable bonds is 4. The summed E-state index contributed by atoms with van der Waals surface area (Å²) in [4.78, 5) is 26.6. The Morgan fingerprint density at radius 3 is 2.12 bits per heavy atom.